The summed E-state index contributed by atoms with van der Waals surface area (Å²) in [7, 11) is -3.64. The quantitative estimate of drug-likeness (QED) is 0.820. The first kappa shape index (κ1) is 17.2. The highest BCUT2D eigenvalue weighted by molar-refractivity contribution is 9.11. The first-order valence-corrected chi connectivity index (χ1v) is 10.2. The number of nitrogens with zero attached hydrogens (tertiary/aromatic N) is 1. The zero-order valence-electron chi connectivity index (χ0n) is 11.5. The van der Waals surface area contributed by atoms with E-state index >= 15 is 0 Å². The van der Waals surface area contributed by atoms with E-state index in [-0.39, 0.29) is 5.75 Å². The van der Waals surface area contributed by atoms with Crippen molar-refractivity contribution in [1.82, 2.24) is 0 Å². The number of nitriles is 1. The molecule has 1 aromatic rings. The minimum atomic E-state index is -3.64. The third-order valence-corrected chi connectivity index (χ3v) is 8.87. The number of hydrogen-bond acceptors (Lipinski definition) is 5. The highest BCUT2D eigenvalue weighted by atomic mass is 79.9. The average molecular weight is 412 g/mol. The van der Waals surface area contributed by atoms with Crippen LogP contribution in [0.1, 0.15) is 37.5 Å². The van der Waals surface area contributed by atoms with Crippen molar-refractivity contribution in [3.05, 3.63) is 19.8 Å². The predicted molar refractivity (Wildman–Crippen MR) is 89.2 cm³/mol. The Kier molecular flexibility index (Phi) is 4.77. The highest BCUT2D eigenvalue weighted by Crippen LogP contribution is 2.42. The fraction of sp³-hybridized carbons (Fsp3) is 0.615. The Morgan fingerprint density at radius 2 is 2.14 bits per heavy atom. The second kappa shape index (κ2) is 5.82. The fourth-order valence-corrected chi connectivity index (χ4v) is 7.30. The Balaban J connectivity index is 2.36. The molecule has 21 heavy (non-hydrogen) atoms. The number of sulfone groups is 1. The smallest absolute Gasteiger partial charge is 0.171 e. The molecule has 0 radical (unpaired) electrons. The average Bonchev–Trinajstić information content (AvgIpc) is 2.95. The molecule has 0 bridgehead atoms. The topological polar surface area (TPSA) is 84.0 Å². The lowest BCUT2D eigenvalue weighted by molar-refractivity contribution is 0.513. The maximum absolute atomic E-state index is 12.7. The Hall–Kier alpha value is -0.130. The van der Waals surface area contributed by atoms with Crippen LogP contribution in [0.5, 0.6) is 0 Å². The molecule has 1 saturated carbocycles. The van der Waals surface area contributed by atoms with Gasteiger partial charge in [-0.3, -0.25) is 0 Å². The zero-order valence-corrected chi connectivity index (χ0v) is 15.5. The molecular formula is C13H16BrClN2O2S2. The first-order chi connectivity index (χ1) is 9.63. The molecule has 8 heteroatoms. The van der Waals surface area contributed by atoms with E-state index in [1.807, 2.05) is 6.07 Å². The summed E-state index contributed by atoms with van der Waals surface area (Å²) in [5, 5.41) is 9.83. The van der Waals surface area contributed by atoms with Crippen LogP contribution < -0.4 is 5.73 Å². The fourth-order valence-electron chi connectivity index (χ4n) is 2.77. The minimum absolute atomic E-state index is 0.278. The van der Waals surface area contributed by atoms with Crippen LogP contribution in [0, 0.1) is 11.3 Å². The molecule has 4 nitrogen and oxygen atoms in total. The van der Waals surface area contributed by atoms with Gasteiger partial charge in [0, 0.05) is 4.88 Å². The van der Waals surface area contributed by atoms with Gasteiger partial charge >= 0.3 is 0 Å². The summed E-state index contributed by atoms with van der Waals surface area (Å²) in [5.74, 6) is -0.278. The van der Waals surface area contributed by atoms with Crippen molar-refractivity contribution < 1.29 is 8.42 Å². The lowest BCUT2D eigenvalue weighted by Crippen LogP contribution is -2.46. The van der Waals surface area contributed by atoms with Crippen molar-refractivity contribution >= 4 is 48.7 Å². The minimum Gasteiger partial charge on any atom is -0.320 e. The largest absolute Gasteiger partial charge is 0.320 e. The molecule has 2 N–H and O–H groups in total. The Labute approximate surface area is 142 Å². The first-order valence-electron chi connectivity index (χ1n) is 6.51. The second-order valence-electron chi connectivity index (χ2n) is 5.72. The number of halogens is 2. The van der Waals surface area contributed by atoms with Gasteiger partial charge in [0.25, 0.3) is 0 Å². The van der Waals surface area contributed by atoms with E-state index in [0.29, 0.717) is 22.7 Å². The van der Waals surface area contributed by atoms with Crippen LogP contribution in [-0.2, 0) is 15.4 Å². The molecule has 2 rings (SSSR count). The molecule has 0 amide bonds. The maximum Gasteiger partial charge on any atom is 0.171 e. The molecule has 1 heterocycles. The van der Waals surface area contributed by atoms with E-state index in [0.717, 1.165) is 16.6 Å². The van der Waals surface area contributed by atoms with Crippen LogP contribution in [0.25, 0.3) is 0 Å². The number of rotatable bonds is 4. The van der Waals surface area contributed by atoms with Crippen molar-refractivity contribution in [2.24, 2.45) is 5.73 Å². The standard InChI is InChI=1S/C13H16BrClN2O2S2/c1-12(17,11-9(15)6-10(14)20-11)8-21(18,19)13(7-16)4-2-3-5-13/h6H,2-5,8,17H2,1H3/t12-/m0/s1. The van der Waals surface area contributed by atoms with Crippen molar-refractivity contribution in [2.75, 3.05) is 5.75 Å². The molecule has 1 aliphatic rings. The molecular weight excluding hydrogens is 396 g/mol. The van der Waals surface area contributed by atoms with Gasteiger partial charge in [0.1, 0.15) is 0 Å². The molecule has 1 fully saturated rings. The molecule has 116 valence electrons. The highest BCUT2D eigenvalue weighted by Gasteiger charge is 2.49. The normalized spacial score (nSPS) is 20.9. The van der Waals surface area contributed by atoms with E-state index in [1.54, 1.807) is 13.0 Å². The summed E-state index contributed by atoms with van der Waals surface area (Å²) in [6, 6.07) is 3.73. The maximum atomic E-state index is 12.7. The molecule has 1 atom stereocenters. The summed E-state index contributed by atoms with van der Waals surface area (Å²) in [6.45, 7) is 1.65. The summed E-state index contributed by atoms with van der Waals surface area (Å²) in [4.78, 5) is 0.616. The van der Waals surface area contributed by atoms with Crippen molar-refractivity contribution in [3.8, 4) is 6.07 Å². The molecule has 1 aromatic heterocycles. The van der Waals surface area contributed by atoms with Crippen LogP contribution in [-0.4, -0.2) is 18.9 Å². The van der Waals surface area contributed by atoms with Crippen LogP contribution in [0.4, 0.5) is 0 Å². The van der Waals surface area contributed by atoms with Gasteiger partial charge in [0.05, 0.1) is 26.2 Å². The van der Waals surface area contributed by atoms with Gasteiger partial charge in [-0.15, -0.1) is 11.3 Å². The molecule has 0 aliphatic heterocycles. The van der Waals surface area contributed by atoms with E-state index in [2.05, 4.69) is 15.9 Å². The van der Waals surface area contributed by atoms with Gasteiger partial charge in [-0.1, -0.05) is 24.4 Å². The third-order valence-electron chi connectivity index (χ3n) is 3.88. The van der Waals surface area contributed by atoms with Crippen molar-refractivity contribution in [3.63, 3.8) is 0 Å². The van der Waals surface area contributed by atoms with Crippen LogP contribution in [0.15, 0.2) is 9.85 Å². The lowest BCUT2D eigenvalue weighted by atomic mass is 10.1. The molecule has 0 spiro atoms. The summed E-state index contributed by atoms with van der Waals surface area (Å²) >= 11 is 10.8. The molecule has 0 aromatic carbocycles. The molecule has 0 saturated heterocycles. The SMILES string of the molecule is C[C@](N)(CS(=O)(=O)C1(C#N)CCCC1)c1sc(Br)cc1Cl. The molecule has 1 aliphatic carbocycles. The van der Waals surface area contributed by atoms with Gasteiger partial charge in [0.15, 0.2) is 14.6 Å². The molecule has 0 unspecified atom stereocenters. The van der Waals surface area contributed by atoms with Gasteiger partial charge in [0.2, 0.25) is 0 Å². The predicted octanol–water partition coefficient (Wildman–Crippen LogP) is 3.59. The number of nitrogens with two attached hydrogens (primary N) is 1. The summed E-state index contributed by atoms with van der Waals surface area (Å²) in [6.07, 6.45) is 2.31. The lowest BCUT2D eigenvalue weighted by Gasteiger charge is -2.29. The zero-order chi connectivity index (χ0) is 15.9. The summed E-state index contributed by atoms with van der Waals surface area (Å²) < 4.78 is 25.0. The van der Waals surface area contributed by atoms with Gasteiger partial charge < -0.3 is 5.73 Å². The van der Waals surface area contributed by atoms with Crippen LogP contribution in [0.2, 0.25) is 5.02 Å². The Morgan fingerprint density at radius 1 is 1.57 bits per heavy atom. The monoisotopic (exact) mass is 410 g/mol. The third kappa shape index (κ3) is 3.15. The van der Waals surface area contributed by atoms with Crippen LogP contribution in [0.3, 0.4) is 0 Å². The second-order valence-corrected chi connectivity index (χ2v) is 10.9. The van der Waals surface area contributed by atoms with E-state index in [4.69, 9.17) is 17.3 Å². The Morgan fingerprint density at radius 3 is 2.57 bits per heavy atom. The van der Waals surface area contributed by atoms with Crippen molar-refractivity contribution in [2.45, 2.75) is 42.9 Å². The van der Waals surface area contributed by atoms with E-state index in [9.17, 15) is 13.7 Å². The Bertz CT molecular complexity index is 686. The van der Waals surface area contributed by atoms with E-state index in [1.165, 1.54) is 11.3 Å². The van der Waals surface area contributed by atoms with E-state index < -0.39 is 20.1 Å². The van der Waals surface area contributed by atoms with Gasteiger partial charge in [-0.25, -0.2) is 8.42 Å². The number of thiophene rings is 1. The summed E-state index contributed by atoms with van der Waals surface area (Å²) in [5.41, 5.74) is 5.12. The van der Waals surface area contributed by atoms with Crippen molar-refractivity contribution in [1.29, 1.82) is 5.26 Å². The number of hydrogen-bond donors (Lipinski definition) is 1. The van der Waals surface area contributed by atoms with Gasteiger partial charge in [-0.2, -0.15) is 5.26 Å². The van der Waals surface area contributed by atoms with Crippen LogP contribution >= 0.6 is 38.9 Å². The van der Waals surface area contributed by atoms with Gasteiger partial charge in [-0.05, 0) is 41.8 Å².